The van der Waals surface area contributed by atoms with E-state index >= 15 is 0 Å². The minimum absolute atomic E-state index is 0. The number of hydrogen-bond donors (Lipinski definition) is 7. The van der Waals surface area contributed by atoms with Crippen LogP contribution >= 0.6 is 12.2 Å². The maximum absolute atomic E-state index is 12.8. The quantitative estimate of drug-likeness (QED) is 0.0162. The number of aliphatic carboxylic acids is 5. The van der Waals surface area contributed by atoms with Crippen LogP contribution in [0.25, 0.3) is 11.2 Å². The molecule has 0 saturated carbocycles. The van der Waals surface area contributed by atoms with Crippen LogP contribution in [0.2, 0.25) is 0 Å². The van der Waals surface area contributed by atoms with Gasteiger partial charge in [0.1, 0.15) is 17.9 Å². The topological polar surface area (TPSA) is 403 Å². The Kier molecular flexibility index (Phi) is 35.9. The molecule has 1 unspecified atom stereocenters. The second kappa shape index (κ2) is 42.0. The van der Waals surface area contributed by atoms with Gasteiger partial charge in [-0.2, -0.15) is 4.98 Å². The van der Waals surface area contributed by atoms with E-state index in [9.17, 15) is 63.9 Å². The van der Waals surface area contributed by atoms with E-state index in [4.69, 9.17) is 32.2 Å². The van der Waals surface area contributed by atoms with Gasteiger partial charge < -0.3 is 75.8 Å². The minimum atomic E-state index is -1.29. The summed E-state index contributed by atoms with van der Waals surface area (Å²) in [5, 5.41) is 61.5. The van der Waals surface area contributed by atoms with Crippen molar-refractivity contribution in [3.05, 3.63) is 81.9 Å². The number of rotatable bonds is 36. The number of unbranched alkanes of at least 4 members (excludes halogenated alkanes) is 2. The van der Waals surface area contributed by atoms with Crippen molar-refractivity contribution in [3.8, 4) is 0 Å². The Labute approximate surface area is 529 Å². The first-order chi connectivity index (χ1) is 41.7. The number of nitrogens with two attached hydrogens (primary N) is 1. The van der Waals surface area contributed by atoms with Gasteiger partial charge in [0.25, 0.3) is 11.5 Å². The molecular formula is C58H81GaN12O16S. The zero-order valence-electron chi connectivity index (χ0n) is 50.0. The molecular weight excluding hydrogens is 1220 g/mol. The second-order valence-corrected chi connectivity index (χ2v) is 21.1. The number of carboxylic acids is 5. The van der Waals surface area contributed by atoms with Crippen molar-refractivity contribution >= 4 is 107 Å². The number of Topliss-reactive ketones (excluding diaryl/α,β-unsaturated/α-hetero) is 1. The van der Waals surface area contributed by atoms with Gasteiger partial charge in [-0.1, -0.05) is 43.3 Å². The van der Waals surface area contributed by atoms with Crippen molar-refractivity contribution in [2.75, 3.05) is 128 Å². The summed E-state index contributed by atoms with van der Waals surface area (Å²) in [6.45, 7) is 7.94. The molecule has 0 bridgehead atoms. The van der Waals surface area contributed by atoms with Crippen LogP contribution in [-0.2, 0) is 49.5 Å². The first kappa shape index (κ1) is 75.2. The predicted molar refractivity (Wildman–Crippen MR) is 325 cm³/mol. The third kappa shape index (κ3) is 30.8. The van der Waals surface area contributed by atoms with Crippen LogP contribution in [-0.4, -0.2) is 240 Å². The molecule has 4 aromatic rings. The summed E-state index contributed by atoms with van der Waals surface area (Å²) in [4.78, 5) is 116. The van der Waals surface area contributed by atoms with Gasteiger partial charge in [-0.25, -0.2) is 14.8 Å². The number of carbonyl (C=O) groups is 7. The minimum Gasteiger partial charge on any atom is -0.549 e. The summed E-state index contributed by atoms with van der Waals surface area (Å²) in [7, 11) is 0. The largest absolute Gasteiger partial charge is 3.00 e. The smallest absolute Gasteiger partial charge is 0.549 e. The Morgan fingerprint density at radius 3 is 1.70 bits per heavy atom. The molecule has 478 valence electrons. The molecule has 1 aliphatic heterocycles. The molecule has 3 heterocycles. The van der Waals surface area contributed by atoms with Gasteiger partial charge in [-0.15, -0.1) is 0 Å². The summed E-state index contributed by atoms with van der Waals surface area (Å²) >= 11 is 5.41. The fourth-order valence-corrected chi connectivity index (χ4v) is 9.22. The molecule has 2 aromatic carbocycles. The summed E-state index contributed by atoms with van der Waals surface area (Å²) in [6.07, 6.45) is 6.80. The van der Waals surface area contributed by atoms with Crippen molar-refractivity contribution < 1.29 is 73.3 Å². The molecule has 0 aliphatic carbocycles. The number of ether oxygens (including phenoxy) is 3. The van der Waals surface area contributed by atoms with Crippen molar-refractivity contribution in [1.29, 1.82) is 0 Å². The van der Waals surface area contributed by atoms with Crippen molar-refractivity contribution in [1.82, 2.24) is 44.9 Å². The number of thiocarbonyl (C=S) groups is 1. The molecule has 2 atom stereocenters. The van der Waals surface area contributed by atoms with Gasteiger partial charge in [-0.3, -0.25) is 43.8 Å². The maximum Gasteiger partial charge on any atom is 3.00 e. The van der Waals surface area contributed by atoms with E-state index in [1.807, 2.05) is 19.1 Å². The SMILES string of the molecule is CCCC(C(=O)O)N1CCN(CC(=O)[O-])CCN(CC(=O)[O-])CCN(CC(=O)[O-])CC1.Cc1ccc(NC(=S)CCCCOCCOCCOCCCCC(=O)CC[C@H](NC(=O)c2ccc(NCc3cnc4nc(N)[nH]c(=O)c4n3)cc2)C(=O)O)cc1.[Ga+3]. The predicted octanol–water partition coefficient (Wildman–Crippen LogP) is -1.09. The van der Waals surface area contributed by atoms with Gasteiger partial charge in [0.2, 0.25) is 5.95 Å². The fraction of sp³-hybridized carbons (Fsp3) is 0.552. The van der Waals surface area contributed by atoms with Gasteiger partial charge in [0.05, 0.1) is 67.8 Å². The number of carboxylic acid groups (broad SMARTS) is 5. The molecule has 30 heteroatoms. The number of anilines is 3. The summed E-state index contributed by atoms with van der Waals surface area (Å²) < 4.78 is 16.7. The van der Waals surface area contributed by atoms with Crippen molar-refractivity contribution in [3.63, 3.8) is 0 Å². The van der Waals surface area contributed by atoms with E-state index in [2.05, 4.69) is 54.9 Å². The fourth-order valence-electron chi connectivity index (χ4n) is 8.96. The molecule has 0 radical (unpaired) electrons. The van der Waals surface area contributed by atoms with Gasteiger partial charge in [0, 0.05) is 115 Å². The van der Waals surface area contributed by atoms with E-state index in [-0.39, 0.29) is 140 Å². The summed E-state index contributed by atoms with van der Waals surface area (Å²) in [5.74, 6) is -6.77. The second-order valence-electron chi connectivity index (χ2n) is 20.6. The van der Waals surface area contributed by atoms with Crippen LogP contribution < -0.4 is 42.6 Å². The molecule has 8 N–H and O–H groups in total. The molecule has 28 nitrogen and oxygen atoms in total. The van der Waals surface area contributed by atoms with E-state index < -0.39 is 53.4 Å². The van der Waals surface area contributed by atoms with E-state index in [1.54, 1.807) is 43.9 Å². The monoisotopic (exact) mass is 1300 g/mol. The zero-order chi connectivity index (χ0) is 63.5. The Morgan fingerprint density at radius 1 is 0.682 bits per heavy atom. The number of aromatic amines is 1. The van der Waals surface area contributed by atoms with Crippen LogP contribution in [0.3, 0.4) is 0 Å². The average molecular weight is 1300 g/mol. The van der Waals surface area contributed by atoms with E-state index in [1.165, 1.54) is 11.8 Å². The number of aromatic nitrogens is 4. The van der Waals surface area contributed by atoms with Gasteiger partial charge in [-0.05, 0) is 88.3 Å². The normalized spacial score (nSPS) is 14.3. The van der Waals surface area contributed by atoms with Crippen molar-refractivity contribution in [2.45, 2.75) is 96.7 Å². The standard InChI is InChI=1S/C39H50N8O8S.C19H34N4O8.Ga/c1-26-8-12-29(13-9-26)43-33(56)7-3-5-19-54-21-23-55-22-20-53-18-4-2-6-31(48)16-17-32(38(51)52)45-36(49)27-10-14-28(15-11-27)41-24-30-25-42-35-34(44-30)37(50)47-39(40)46-35;1-2-3-15(19(30)31)23-10-8-21(13-17(26)27)6-4-20(12-16(24)25)5-7-22(9-11-23)14-18(28)29;/h8-15,25,32,41H,2-7,16-24H2,1H3,(H,43,56)(H,45,49)(H,51,52)(H3,40,42,46,47,50);15H,2-14H2,1H3,(H,24,25)(H,26,27)(H,28,29)(H,30,31);/q;;+3/p-3/t32-;;/m0../s1. The number of ketones is 1. The van der Waals surface area contributed by atoms with E-state index in [0.717, 1.165) is 29.9 Å². The van der Waals surface area contributed by atoms with Crippen LogP contribution in [0, 0.1) is 6.92 Å². The molecule has 2 aromatic heterocycles. The Bertz CT molecular complexity index is 2860. The zero-order valence-corrected chi connectivity index (χ0v) is 53.2. The third-order valence-electron chi connectivity index (χ3n) is 13.7. The molecule has 0 spiro atoms. The molecule has 5 rings (SSSR count). The number of fused-ring (bicyclic) bond motifs is 1. The number of nitrogens with one attached hydrogen (secondary N) is 4. The molecule has 1 amide bonds. The number of carbonyl (C=O) groups excluding carboxylic acids is 5. The number of nitrogen functional groups attached to an aromatic ring is 1. The number of H-pyrrole nitrogens is 1. The van der Waals surface area contributed by atoms with Gasteiger partial charge in [0.15, 0.2) is 11.2 Å². The molecule has 88 heavy (non-hydrogen) atoms. The van der Waals surface area contributed by atoms with Crippen LogP contribution in [0.15, 0.2) is 59.5 Å². The molecule has 1 fully saturated rings. The van der Waals surface area contributed by atoms with Crippen molar-refractivity contribution in [2.24, 2.45) is 0 Å². The average Bonchev–Trinajstić information content (AvgIpc) is 1.27. The first-order valence-electron chi connectivity index (χ1n) is 28.9. The van der Waals surface area contributed by atoms with Gasteiger partial charge >= 0.3 is 31.7 Å². The van der Waals surface area contributed by atoms with Crippen LogP contribution in [0.5, 0.6) is 0 Å². The van der Waals surface area contributed by atoms with Crippen LogP contribution in [0.4, 0.5) is 17.3 Å². The number of nitrogens with zero attached hydrogens (tertiary/aromatic N) is 7. The number of aryl methyl sites for hydroxylation is 1. The third-order valence-corrected chi connectivity index (χ3v) is 14.0. The Hall–Kier alpha value is -7.00. The number of hydrogen-bond acceptors (Lipinski definition) is 24. The summed E-state index contributed by atoms with van der Waals surface area (Å²) in [5.41, 5.74) is 8.85. The van der Waals surface area contributed by atoms with Crippen LogP contribution in [0.1, 0.15) is 92.7 Å². The number of benzene rings is 2. The first-order valence-corrected chi connectivity index (χ1v) is 29.3. The number of amides is 1. The maximum atomic E-state index is 12.8. The van der Waals surface area contributed by atoms with E-state index in [0.29, 0.717) is 83.1 Å². The molecule has 1 saturated heterocycles. The summed E-state index contributed by atoms with van der Waals surface area (Å²) in [6, 6.07) is 12.5. The Balaban J connectivity index is 0.000000537. The Morgan fingerprint density at radius 2 is 1.19 bits per heavy atom. The molecule has 1 aliphatic rings.